The number of amides is 1. The summed E-state index contributed by atoms with van der Waals surface area (Å²) >= 11 is 2.79. The fourth-order valence-electron chi connectivity index (χ4n) is 3.42. The molecule has 5 nitrogen and oxygen atoms in total. The minimum Gasteiger partial charge on any atom is -0.325 e. The predicted octanol–water partition coefficient (Wildman–Crippen LogP) is 4.94. The van der Waals surface area contributed by atoms with E-state index in [1.165, 1.54) is 15.6 Å². The molecule has 1 aliphatic heterocycles. The van der Waals surface area contributed by atoms with Crippen molar-refractivity contribution in [1.29, 1.82) is 0 Å². The van der Waals surface area contributed by atoms with Gasteiger partial charge in [-0.2, -0.15) is 4.31 Å². The van der Waals surface area contributed by atoms with E-state index < -0.39 is 10.0 Å². The van der Waals surface area contributed by atoms with E-state index in [-0.39, 0.29) is 18.4 Å². The second-order valence-electron chi connectivity index (χ2n) is 7.03. The van der Waals surface area contributed by atoms with E-state index in [9.17, 15) is 13.2 Å². The minimum absolute atomic E-state index is 0.137. The molecule has 2 aromatic carbocycles. The third-order valence-corrected chi connectivity index (χ3v) is 9.28. The Morgan fingerprint density at radius 3 is 2.57 bits per heavy atom. The van der Waals surface area contributed by atoms with Crippen molar-refractivity contribution < 1.29 is 13.2 Å². The van der Waals surface area contributed by atoms with Gasteiger partial charge in [-0.1, -0.05) is 48.2 Å². The third-order valence-electron chi connectivity index (χ3n) is 4.96. The number of hydrogen-bond donors (Lipinski definition) is 1. The zero-order chi connectivity index (χ0) is 21.0. The number of benzene rings is 2. The summed E-state index contributed by atoms with van der Waals surface area (Å²) in [6.45, 7) is 0.657. The molecule has 0 saturated carbocycles. The van der Waals surface area contributed by atoms with Gasteiger partial charge in [0.2, 0.25) is 5.91 Å². The second kappa shape index (κ2) is 9.34. The molecule has 156 valence electrons. The average molecular weight is 459 g/mol. The summed E-state index contributed by atoms with van der Waals surface area (Å²) in [6, 6.07) is 21.0. The molecule has 30 heavy (non-hydrogen) atoms. The molecular formula is C22H22N2O3S3. The summed E-state index contributed by atoms with van der Waals surface area (Å²) in [5.74, 6) is -0.509. The van der Waals surface area contributed by atoms with Crippen molar-refractivity contribution in [3.63, 3.8) is 0 Å². The number of thiophene rings is 1. The maximum Gasteiger partial charge on any atom is 0.252 e. The zero-order valence-corrected chi connectivity index (χ0v) is 18.7. The molecule has 1 aromatic heterocycles. The van der Waals surface area contributed by atoms with E-state index in [1.807, 2.05) is 54.6 Å². The predicted molar refractivity (Wildman–Crippen MR) is 121 cm³/mol. The molecule has 1 aliphatic rings. The lowest BCUT2D eigenvalue weighted by atomic mass is 9.99. The largest absolute Gasteiger partial charge is 0.325 e. The van der Waals surface area contributed by atoms with Gasteiger partial charge in [0, 0.05) is 22.9 Å². The number of rotatable bonds is 6. The molecule has 1 atom stereocenters. The van der Waals surface area contributed by atoms with E-state index in [0.717, 1.165) is 15.5 Å². The van der Waals surface area contributed by atoms with Gasteiger partial charge in [0.25, 0.3) is 10.0 Å². The van der Waals surface area contributed by atoms with Crippen molar-refractivity contribution in [2.24, 2.45) is 5.92 Å². The highest BCUT2D eigenvalue weighted by Crippen LogP contribution is 2.34. The summed E-state index contributed by atoms with van der Waals surface area (Å²) in [5, 5.41) is 4.78. The maximum absolute atomic E-state index is 13.0. The molecule has 2 heterocycles. The normalized spacial score (nSPS) is 17.5. The van der Waals surface area contributed by atoms with Gasteiger partial charge in [-0.15, -0.1) is 11.3 Å². The van der Waals surface area contributed by atoms with Crippen LogP contribution in [0.1, 0.15) is 12.8 Å². The monoisotopic (exact) mass is 458 g/mol. The van der Waals surface area contributed by atoms with Crippen LogP contribution in [0.15, 0.2) is 86.1 Å². The molecular weight excluding hydrogens is 436 g/mol. The lowest BCUT2D eigenvalue weighted by molar-refractivity contribution is -0.120. The molecule has 8 heteroatoms. The zero-order valence-electron chi connectivity index (χ0n) is 16.2. The van der Waals surface area contributed by atoms with Gasteiger partial charge in [0.1, 0.15) is 4.21 Å². The first kappa shape index (κ1) is 21.1. The Bertz CT molecular complexity index is 1100. The number of anilines is 1. The van der Waals surface area contributed by atoms with Crippen molar-refractivity contribution in [3.05, 3.63) is 72.1 Å². The van der Waals surface area contributed by atoms with Crippen LogP contribution in [0.5, 0.6) is 0 Å². The van der Waals surface area contributed by atoms with Crippen LogP contribution in [0.3, 0.4) is 0 Å². The quantitative estimate of drug-likeness (QED) is 0.568. The molecule has 1 N–H and O–H groups in total. The van der Waals surface area contributed by atoms with Gasteiger partial charge in [0.15, 0.2) is 0 Å². The first-order valence-corrected chi connectivity index (χ1v) is 12.8. The maximum atomic E-state index is 13.0. The van der Waals surface area contributed by atoms with Gasteiger partial charge in [-0.25, -0.2) is 8.42 Å². The number of hydrogen-bond acceptors (Lipinski definition) is 5. The molecule has 1 amide bonds. The van der Waals surface area contributed by atoms with Gasteiger partial charge >= 0.3 is 0 Å². The number of nitrogens with zero attached hydrogens (tertiary/aromatic N) is 1. The van der Waals surface area contributed by atoms with Crippen LogP contribution >= 0.6 is 23.1 Å². The Morgan fingerprint density at radius 1 is 1.03 bits per heavy atom. The van der Waals surface area contributed by atoms with Crippen molar-refractivity contribution in [2.45, 2.75) is 26.8 Å². The number of carbonyl (C=O) groups excluding carboxylic acids is 1. The van der Waals surface area contributed by atoms with Crippen molar-refractivity contribution in [3.8, 4) is 0 Å². The van der Waals surface area contributed by atoms with Crippen LogP contribution in [0, 0.1) is 5.92 Å². The highest BCUT2D eigenvalue weighted by molar-refractivity contribution is 7.99. The van der Waals surface area contributed by atoms with Crippen LogP contribution in [0.4, 0.5) is 5.69 Å². The highest BCUT2D eigenvalue weighted by Gasteiger charge is 2.34. The second-order valence-corrected chi connectivity index (χ2v) is 11.3. The van der Waals surface area contributed by atoms with Crippen LogP contribution < -0.4 is 5.32 Å². The Morgan fingerprint density at radius 2 is 1.80 bits per heavy atom. The Balaban J connectivity index is 1.47. The van der Waals surface area contributed by atoms with E-state index in [4.69, 9.17) is 0 Å². The lowest BCUT2D eigenvalue weighted by Crippen LogP contribution is -2.43. The molecule has 1 saturated heterocycles. The van der Waals surface area contributed by atoms with E-state index >= 15 is 0 Å². The van der Waals surface area contributed by atoms with Gasteiger partial charge in [-0.05, 0) is 48.6 Å². The molecule has 0 unspecified atom stereocenters. The summed E-state index contributed by atoms with van der Waals surface area (Å²) in [5.41, 5.74) is 0.745. The molecule has 0 spiro atoms. The summed E-state index contributed by atoms with van der Waals surface area (Å²) in [6.07, 6.45) is 1.35. The molecule has 3 aromatic rings. The SMILES string of the molecule is O=C(Nc1ccccc1Sc1ccccc1)[C@@H]1CCCN(S(=O)(=O)c2cccs2)C1. The molecule has 0 radical (unpaired) electrons. The number of para-hydroxylation sites is 1. The molecule has 1 fully saturated rings. The Labute approximate surface area is 185 Å². The van der Waals surface area contributed by atoms with Crippen LogP contribution in [0.25, 0.3) is 0 Å². The lowest BCUT2D eigenvalue weighted by Gasteiger charge is -2.31. The Kier molecular flexibility index (Phi) is 6.58. The number of nitrogens with one attached hydrogen (secondary N) is 1. The first-order chi connectivity index (χ1) is 14.5. The van der Waals surface area contributed by atoms with Gasteiger partial charge < -0.3 is 5.32 Å². The van der Waals surface area contributed by atoms with Gasteiger partial charge in [0.05, 0.1) is 11.6 Å². The van der Waals surface area contributed by atoms with Crippen LogP contribution in [-0.2, 0) is 14.8 Å². The summed E-state index contributed by atoms with van der Waals surface area (Å²) in [7, 11) is -3.54. The smallest absolute Gasteiger partial charge is 0.252 e. The molecule has 0 bridgehead atoms. The standard InChI is InChI=1S/C22H22N2O3S3/c25-22(17-8-6-14-24(16-17)30(26,27)21-13-7-15-28-21)23-19-11-4-5-12-20(19)29-18-9-2-1-3-10-18/h1-5,7,9-13,15,17H,6,8,14,16H2,(H,23,25)/t17-/m1/s1. The molecule has 4 rings (SSSR count). The van der Waals surface area contributed by atoms with Crippen molar-refractivity contribution in [1.82, 2.24) is 4.31 Å². The Hall–Kier alpha value is -2.13. The van der Waals surface area contributed by atoms with Crippen molar-refractivity contribution >= 4 is 44.7 Å². The van der Waals surface area contributed by atoms with Crippen LogP contribution in [0.2, 0.25) is 0 Å². The number of piperidine rings is 1. The fraction of sp³-hybridized carbons (Fsp3) is 0.227. The number of sulfonamides is 1. The van der Waals surface area contributed by atoms with Crippen molar-refractivity contribution in [2.75, 3.05) is 18.4 Å². The summed E-state index contributed by atoms with van der Waals surface area (Å²) < 4.78 is 27.4. The van der Waals surface area contributed by atoms with E-state index in [0.29, 0.717) is 23.6 Å². The van der Waals surface area contributed by atoms with Gasteiger partial charge in [-0.3, -0.25) is 4.79 Å². The first-order valence-electron chi connectivity index (χ1n) is 9.70. The minimum atomic E-state index is -3.54. The van der Waals surface area contributed by atoms with E-state index in [2.05, 4.69) is 5.32 Å². The fourth-order valence-corrected chi connectivity index (χ4v) is 7.01. The average Bonchev–Trinajstić information content (AvgIpc) is 3.32. The summed E-state index contributed by atoms with van der Waals surface area (Å²) in [4.78, 5) is 15.0. The topological polar surface area (TPSA) is 66.5 Å². The third kappa shape index (κ3) is 4.78. The molecule has 0 aliphatic carbocycles. The highest BCUT2D eigenvalue weighted by atomic mass is 32.2. The number of carbonyl (C=O) groups is 1. The van der Waals surface area contributed by atoms with Crippen LogP contribution in [-0.4, -0.2) is 31.7 Å². The van der Waals surface area contributed by atoms with E-state index in [1.54, 1.807) is 29.3 Å².